The van der Waals surface area contributed by atoms with Gasteiger partial charge < -0.3 is 0 Å². The van der Waals surface area contributed by atoms with Crippen molar-refractivity contribution in [1.29, 1.82) is 0 Å². The first-order chi connectivity index (χ1) is 9.81. The fourth-order valence-corrected chi connectivity index (χ4v) is 2.52. The molecule has 0 aliphatic carbocycles. The van der Waals surface area contributed by atoms with Crippen LogP contribution in [-0.4, -0.2) is 14.8 Å². The first-order valence-electron chi connectivity index (χ1n) is 6.56. The minimum atomic E-state index is 0.394. The quantitative estimate of drug-likeness (QED) is 0.723. The number of para-hydroxylation sites is 1. The summed E-state index contributed by atoms with van der Waals surface area (Å²) >= 11 is 6.21. The van der Waals surface area contributed by atoms with E-state index in [2.05, 4.69) is 28.4 Å². The molecule has 0 bridgehead atoms. The lowest BCUT2D eigenvalue weighted by Crippen LogP contribution is -2.02. The number of benzene rings is 2. The van der Waals surface area contributed by atoms with Gasteiger partial charge in [-0.05, 0) is 23.2 Å². The highest BCUT2D eigenvalue weighted by Gasteiger charge is 2.14. The first-order valence-corrected chi connectivity index (χ1v) is 6.93. The molecule has 1 aromatic heterocycles. The highest BCUT2D eigenvalue weighted by Crippen LogP contribution is 2.29. The molecule has 0 amide bonds. The van der Waals surface area contributed by atoms with Gasteiger partial charge in [-0.3, -0.25) is 4.57 Å². The Labute approximate surface area is 122 Å². The van der Waals surface area contributed by atoms with Crippen LogP contribution >= 0.6 is 11.6 Å². The Balaban J connectivity index is 2.23. The van der Waals surface area contributed by atoms with E-state index < -0.39 is 0 Å². The fraction of sp³-hybridized carbons (Fsp3) is 0.125. The van der Waals surface area contributed by atoms with Gasteiger partial charge in [-0.25, -0.2) is 0 Å². The Morgan fingerprint density at radius 1 is 0.950 bits per heavy atom. The van der Waals surface area contributed by atoms with Crippen molar-refractivity contribution in [2.75, 3.05) is 0 Å². The van der Waals surface area contributed by atoms with Gasteiger partial charge in [0.05, 0.1) is 5.69 Å². The van der Waals surface area contributed by atoms with Crippen LogP contribution in [0.1, 0.15) is 12.7 Å². The van der Waals surface area contributed by atoms with Crippen molar-refractivity contribution in [3.05, 3.63) is 65.7 Å². The lowest BCUT2D eigenvalue weighted by Gasteiger charge is -2.12. The Hall–Kier alpha value is -2.13. The van der Waals surface area contributed by atoms with Gasteiger partial charge >= 0.3 is 0 Å². The summed E-state index contributed by atoms with van der Waals surface area (Å²) in [5.74, 6) is 0.860. The average Bonchev–Trinajstić information content (AvgIpc) is 2.89. The first kappa shape index (κ1) is 12.9. The van der Waals surface area contributed by atoms with Crippen LogP contribution in [0.25, 0.3) is 16.8 Å². The zero-order valence-corrected chi connectivity index (χ0v) is 11.9. The molecule has 0 atom stereocenters. The van der Waals surface area contributed by atoms with Gasteiger partial charge in [0.25, 0.3) is 0 Å². The number of hydrogen-bond acceptors (Lipinski definition) is 2. The molecule has 20 heavy (non-hydrogen) atoms. The third kappa shape index (κ3) is 2.21. The number of aryl methyl sites for hydroxylation is 1. The topological polar surface area (TPSA) is 30.7 Å². The van der Waals surface area contributed by atoms with Crippen LogP contribution in [0.4, 0.5) is 0 Å². The largest absolute Gasteiger partial charge is 0.269 e. The number of nitrogens with zero attached hydrogens (tertiary/aromatic N) is 3. The Morgan fingerprint density at radius 3 is 2.40 bits per heavy atom. The maximum Gasteiger partial charge on any atom is 0.229 e. The van der Waals surface area contributed by atoms with Crippen LogP contribution < -0.4 is 0 Å². The van der Waals surface area contributed by atoms with Crippen molar-refractivity contribution in [3.8, 4) is 16.8 Å². The molecule has 0 radical (unpaired) electrons. The van der Waals surface area contributed by atoms with Crippen LogP contribution in [0, 0.1) is 0 Å². The van der Waals surface area contributed by atoms with E-state index in [9.17, 15) is 0 Å². The van der Waals surface area contributed by atoms with Gasteiger partial charge in [-0.1, -0.05) is 55.5 Å². The molecule has 0 saturated heterocycles. The summed E-state index contributed by atoms with van der Waals surface area (Å²) in [5.41, 5.74) is 3.27. The zero-order chi connectivity index (χ0) is 13.9. The summed E-state index contributed by atoms with van der Waals surface area (Å²) in [6.45, 7) is 2.04. The van der Waals surface area contributed by atoms with Crippen molar-refractivity contribution in [1.82, 2.24) is 14.8 Å². The molecular formula is C16H14ClN3. The maximum atomic E-state index is 6.21. The van der Waals surface area contributed by atoms with Gasteiger partial charge in [0, 0.05) is 12.0 Å². The molecule has 4 heteroatoms. The normalized spacial score (nSPS) is 10.7. The third-order valence-electron chi connectivity index (χ3n) is 3.24. The molecule has 0 saturated carbocycles. The molecule has 3 nitrogen and oxygen atoms in total. The SMILES string of the molecule is CCc1nnc(Cl)n1-c1ccccc1-c1ccccc1. The Kier molecular flexibility index (Phi) is 3.52. The van der Waals surface area contributed by atoms with Crippen molar-refractivity contribution < 1.29 is 0 Å². The molecule has 0 spiro atoms. The number of rotatable bonds is 3. The molecule has 0 N–H and O–H groups in total. The van der Waals surface area contributed by atoms with Gasteiger partial charge in [0.2, 0.25) is 5.28 Å². The standard InChI is InChI=1S/C16H14ClN3/c1-2-15-18-19-16(17)20(15)14-11-7-6-10-13(14)12-8-4-3-5-9-12/h3-11H,2H2,1H3. The predicted octanol–water partition coefficient (Wildman–Crippen LogP) is 4.15. The summed E-state index contributed by atoms with van der Waals surface area (Å²) < 4.78 is 1.91. The van der Waals surface area contributed by atoms with E-state index in [0.29, 0.717) is 5.28 Å². The highest BCUT2D eigenvalue weighted by atomic mass is 35.5. The average molecular weight is 284 g/mol. The maximum absolute atomic E-state index is 6.21. The van der Waals surface area contributed by atoms with E-state index in [0.717, 1.165) is 29.1 Å². The van der Waals surface area contributed by atoms with Crippen molar-refractivity contribution in [2.24, 2.45) is 0 Å². The van der Waals surface area contributed by atoms with Gasteiger partial charge in [0.1, 0.15) is 5.82 Å². The minimum Gasteiger partial charge on any atom is -0.269 e. The molecule has 3 aromatic rings. The third-order valence-corrected chi connectivity index (χ3v) is 3.48. The van der Waals surface area contributed by atoms with Crippen LogP contribution in [-0.2, 0) is 6.42 Å². The van der Waals surface area contributed by atoms with Crippen molar-refractivity contribution in [3.63, 3.8) is 0 Å². The molecule has 0 aliphatic heterocycles. The molecule has 1 heterocycles. The molecule has 0 aliphatic rings. The zero-order valence-electron chi connectivity index (χ0n) is 11.1. The van der Waals surface area contributed by atoms with E-state index in [4.69, 9.17) is 11.6 Å². The monoisotopic (exact) mass is 283 g/mol. The summed E-state index contributed by atoms with van der Waals surface area (Å²) in [7, 11) is 0. The van der Waals surface area contributed by atoms with Crippen LogP contribution in [0.5, 0.6) is 0 Å². The lowest BCUT2D eigenvalue weighted by atomic mass is 10.0. The lowest BCUT2D eigenvalue weighted by molar-refractivity contribution is 0.884. The van der Waals surface area contributed by atoms with E-state index in [-0.39, 0.29) is 0 Å². The van der Waals surface area contributed by atoms with E-state index >= 15 is 0 Å². The second kappa shape index (κ2) is 5.47. The molecule has 2 aromatic carbocycles. The van der Waals surface area contributed by atoms with Crippen LogP contribution in [0.3, 0.4) is 0 Å². The molecule has 3 rings (SSSR count). The highest BCUT2D eigenvalue weighted by molar-refractivity contribution is 6.28. The van der Waals surface area contributed by atoms with Crippen molar-refractivity contribution in [2.45, 2.75) is 13.3 Å². The van der Waals surface area contributed by atoms with E-state index in [1.807, 2.05) is 47.9 Å². The fourth-order valence-electron chi connectivity index (χ4n) is 2.29. The molecule has 0 fully saturated rings. The van der Waals surface area contributed by atoms with E-state index in [1.165, 1.54) is 0 Å². The molecular weight excluding hydrogens is 270 g/mol. The van der Waals surface area contributed by atoms with Crippen molar-refractivity contribution >= 4 is 11.6 Å². The summed E-state index contributed by atoms with van der Waals surface area (Å²) in [6, 6.07) is 18.4. The Bertz CT molecular complexity index is 720. The predicted molar refractivity (Wildman–Crippen MR) is 81.2 cm³/mol. The Morgan fingerprint density at radius 2 is 1.65 bits per heavy atom. The number of aromatic nitrogens is 3. The van der Waals surface area contributed by atoms with Gasteiger partial charge in [-0.2, -0.15) is 0 Å². The summed E-state index contributed by atoms with van der Waals surface area (Å²) in [4.78, 5) is 0. The second-order valence-electron chi connectivity index (χ2n) is 4.46. The smallest absolute Gasteiger partial charge is 0.229 e. The number of hydrogen-bond donors (Lipinski definition) is 0. The van der Waals surface area contributed by atoms with Crippen LogP contribution in [0.15, 0.2) is 54.6 Å². The van der Waals surface area contributed by atoms with Crippen LogP contribution in [0.2, 0.25) is 5.28 Å². The van der Waals surface area contributed by atoms with Gasteiger partial charge in [-0.15, -0.1) is 10.2 Å². The minimum absolute atomic E-state index is 0.394. The summed E-state index contributed by atoms with van der Waals surface area (Å²) in [6.07, 6.45) is 0.781. The molecule has 0 unspecified atom stereocenters. The molecule has 100 valence electrons. The summed E-state index contributed by atoms with van der Waals surface area (Å²) in [5, 5.41) is 8.50. The van der Waals surface area contributed by atoms with E-state index in [1.54, 1.807) is 0 Å². The van der Waals surface area contributed by atoms with Gasteiger partial charge in [0.15, 0.2) is 0 Å². The number of halogens is 1. The second-order valence-corrected chi connectivity index (χ2v) is 4.80.